The second-order valence-electron chi connectivity index (χ2n) is 3.61. The van der Waals surface area contributed by atoms with Crippen molar-refractivity contribution in [2.45, 2.75) is 12.6 Å². The number of hydrogen-bond acceptors (Lipinski definition) is 5. The maximum atomic E-state index is 5.08. The molecule has 1 atom stereocenters. The summed E-state index contributed by atoms with van der Waals surface area (Å²) in [4.78, 5) is 4.35. The lowest BCUT2D eigenvalue weighted by Gasteiger charge is -2.16. The summed E-state index contributed by atoms with van der Waals surface area (Å²) >= 11 is 1.60. The number of methoxy groups -OCH3 is 1. The van der Waals surface area contributed by atoms with Gasteiger partial charge in [-0.3, -0.25) is 4.68 Å². The number of hydrogen-bond donors (Lipinski definition) is 1. The van der Waals surface area contributed by atoms with Gasteiger partial charge in [-0.25, -0.2) is 4.98 Å². The topological polar surface area (TPSA) is 52.0 Å². The van der Waals surface area contributed by atoms with E-state index in [4.69, 9.17) is 4.74 Å². The van der Waals surface area contributed by atoms with Crippen molar-refractivity contribution in [1.29, 1.82) is 0 Å². The Bertz CT molecular complexity index is 440. The minimum atomic E-state index is 0.0839. The van der Waals surface area contributed by atoms with Gasteiger partial charge >= 0.3 is 0 Å². The van der Waals surface area contributed by atoms with E-state index in [-0.39, 0.29) is 6.04 Å². The summed E-state index contributed by atoms with van der Waals surface area (Å²) in [6.45, 7) is 1.41. The van der Waals surface area contributed by atoms with Gasteiger partial charge in [0.2, 0.25) is 0 Å². The molecule has 0 aliphatic heterocycles. The summed E-state index contributed by atoms with van der Waals surface area (Å²) in [7, 11) is 3.62. The first-order valence-corrected chi connectivity index (χ1v) is 6.37. The van der Waals surface area contributed by atoms with Crippen molar-refractivity contribution in [3.63, 3.8) is 0 Å². The molecular formula is C11H16N4OS. The number of thiazole rings is 1. The minimum Gasteiger partial charge on any atom is -0.383 e. The van der Waals surface area contributed by atoms with Crippen LogP contribution in [-0.4, -0.2) is 35.5 Å². The molecule has 0 spiro atoms. The lowest BCUT2D eigenvalue weighted by Crippen LogP contribution is -2.22. The Balaban J connectivity index is 2.22. The number of nitrogens with zero attached hydrogens (tertiary/aromatic N) is 3. The molecule has 2 rings (SSSR count). The predicted octanol–water partition coefficient (Wildman–Crippen LogP) is 1.29. The summed E-state index contributed by atoms with van der Waals surface area (Å²) in [6.07, 6.45) is 1.81. The van der Waals surface area contributed by atoms with Crippen LogP contribution in [0, 0.1) is 0 Å². The van der Waals surface area contributed by atoms with Gasteiger partial charge in [0.1, 0.15) is 0 Å². The lowest BCUT2D eigenvalue weighted by molar-refractivity contribution is 0.182. The SMILES string of the molecule is CNC(c1cscn1)c1ccnn1CCOC. The quantitative estimate of drug-likeness (QED) is 0.842. The molecule has 0 saturated heterocycles. The van der Waals surface area contributed by atoms with Crippen molar-refractivity contribution in [1.82, 2.24) is 20.1 Å². The summed E-state index contributed by atoms with van der Waals surface area (Å²) < 4.78 is 7.03. The largest absolute Gasteiger partial charge is 0.383 e. The van der Waals surface area contributed by atoms with Crippen LogP contribution in [0.5, 0.6) is 0 Å². The lowest BCUT2D eigenvalue weighted by atomic mass is 10.1. The maximum absolute atomic E-state index is 5.08. The van der Waals surface area contributed by atoms with Crippen LogP contribution >= 0.6 is 11.3 Å². The van der Waals surface area contributed by atoms with Crippen LogP contribution < -0.4 is 5.32 Å². The van der Waals surface area contributed by atoms with Crippen molar-refractivity contribution >= 4 is 11.3 Å². The van der Waals surface area contributed by atoms with E-state index in [2.05, 4.69) is 20.8 Å². The Morgan fingerprint density at radius 1 is 1.59 bits per heavy atom. The normalized spacial score (nSPS) is 12.8. The molecule has 2 aromatic heterocycles. The van der Waals surface area contributed by atoms with Crippen LogP contribution in [0.25, 0.3) is 0 Å². The van der Waals surface area contributed by atoms with E-state index in [1.165, 1.54) is 0 Å². The zero-order valence-corrected chi connectivity index (χ0v) is 10.8. The molecule has 2 heterocycles. The van der Waals surface area contributed by atoms with Gasteiger partial charge < -0.3 is 10.1 Å². The van der Waals surface area contributed by atoms with E-state index in [1.54, 1.807) is 18.4 Å². The number of aromatic nitrogens is 3. The first kappa shape index (κ1) is 12.2. The van der Waals surface area contributed by atoms with Crippen LogP contribution in [0.15, 0.2) is 23.2 Å². The molecule has 5 nitrogen and oxygen atoms in total. The van der Waals surface area contributed by atoms with Crippen LogP contribution in [0.1, 0.15) is 17.4 Å². The van der Waals surface area contributed by atoms with E-state index in [9.17, 15) is 0 Å². The molecule has 0 aliphatic rings. The van der Waals surface area contributed by atoms with E-state index in [0.717, 1.165) is 17.9 Å². The Hall–Kier alpha value is -1.24. The third kappa shape index (κ3) is 2.71. The van der Waals surface area contributed by atoms with Gasteiger partial charge in [0, 0.05) is 18.7 Å². The van der Waals surface area contributed by atoms with E-state index in [1.807, 2.05) is 29.5 Å². The van der Waals surface area contributed by atoms with Gasteiger partial charge in [0.05, 0.1) is 36.1 Å². The minimum absolute atomic E-state index is 0.0839. The molecule has 2 aromatic rings. The van der Waals surface area contributed by atoms with Crippen LogP contribution in [0.4, 0.5) is 0 Å². The van der Waals surface area contributed by atoms with Gasteiger partial charge in [-0.1, -0.05) is 0 Å². The van der Waals surface area contributed by atoms with Gasteiger partial charge in [0.15, 0.2) is 0 Å². The zero-order valence-electron chi connectivity index (χ0n) is 9.96. The Kier molecular flexibility index (Phi) is 4.24. The number of ether oxygens (including phenoxy) is 1. The molecule has 0 aromatic carbocycles. The third-order valence-corrected chi connectivity index (χ3v) is 3.19. The molecule has 0 radical (unpaired) electrons. The molecule has 0 amide bonds. The van der Waals surface area contributed by atoms with E-state index in [0.29, 0.717) is 6.61 Å². The molecule has 0 aliphatic carbocycles. The van der Waals surface area contributed by atoms with Crippen LogP contribution in [0.2, 0.25) is 0 Å². The first-order chi connectivity index (χ1) is 8.36. The molecule has 0 fully saturated rings. The van der Waals surface area contributed by atoms with Crippen LogP contribution in [0.3, 0.4) is 0 Å². The predicted molar refractivity (Wildman–Crippen MR) is 67.1 cm³/mol. The van der Waals surface area contributed by atoms with E-state index >= 15 is 0 Å². The second kappa shape index (κ2) is 5.90. The fourth-order valence-corrected chi connectivity index (χ4v) is 2.34. The van der Waals surface area contributed by atoms with Crippen molar-refractivity contribution in [3.05, 3.63) is 34.5 Å². The molecule has 0 bridgehead atoms. The van der Waals surface area contributed by atoms with Gasteiger partial charge in [-0.05, 0) is 13.1 Å². The van der Waals surface area contributed by atoms with Crippen molar-refractivity contribution in [2.24, 2.45) is 0 Å². The highest BCUT2D eigenvalue weighted by Crippen LogP contribution is 2.21. The average molecular weight is 252 g/mol. The third-order valence-electron chi connectivity index (χ3n) is 2.59. The molecule has 6 heteroatoms. The van der Waals surface area contributed by atoms with Gasteiger partial charge in [-0.15, -0.1) is 11.3 Å². The van der Waals surface area contributed by atoms with Crippen molar-refractivity contribution in [2.75, 3.05) is 20.8 Å². The van der Waals surface area contributed by atoms with Gasteiger partial charge in [-0.2, -0.15) is 5.10 Å². The summed E-state index contributed by atoms with van der Waals surface area (Å²) in [5.41, 5.74) is 3.97. The highest BCUT2D eigenvalue weighted by atomic mass is 32.1. The first-order valence-electron chi connectivity index (χ1n) is 5.42. The number of nitrogens with one attached hydrogen (secondary N) is 1. The Labute approximate surface area is 104 Å². The summed E-state index contributed by atoms with van der Waals surface area (Å²) in [5.74, 6) is 0. The highest BCUT2D eigenvalue weighted by molar-refractivity contribution is 7.07. The van der Waals surface area contributed by atoms with Gasteiger partial charge in [0.25, 0.3) is 0 Å². The standard InChI is InChI=1S/C11H16N4OS/c1-12-11(9-7-17-8-13-9)10-3-4-14-15(10)5-6-16-2/h3-4,7-8,11-12H,5-6H2,1-2H3. The summed E-state index contributed by atoms with van der Waals surface area (Å²) in [6, 6.07) is 2.09. The Morgan fingerprint density at radius 2 is 2.47 bits per heavy atom. The average Bonchev–Trinajstić information content (AvgIpc) is 2.99. The Morgan fingerprint density at radius 3 is 3.12 bits per heavy atom. The molecule has 1 unspecified atom stereocenters. The summed E-state index contributed by atoms with van der Waals surface area (Å²) in [5, 5.41) is 9.62. The van der Waals surface area contributed by atoms with Crippen LogP contribution in [-0.2, 0) is 11.3 Å². The molecule has 92 valence electrons. The number of rotatable bonds is 6. The highest BCUT2D eigenvalue weighted by Gasteiger charge is 2.17. The van der Waals surface area contributed by atoms with E-state index < -0.39 is 0 Å². The fourth-order valence-electron chi connectivity index (χ4n) is 1.76. The molecule has 17 heavy (non-hydrogen) atoms. The van der Waals surface area contributed by atoms with Crippen molar-refractivity contribution in [3.8, 4) is 0 Å². The zero-order chi connectivity index (χ0) is 12.1. The molecule has 0 saturated carbocycles. The molecular weight excluding hydrogens is 236 g/mol. The maximum Gasteiger partial charge on any atom is 0.0928 e. The monoisotopic (exact) mass is 252 g/mol. The fraction of sp³-hybridized carbons (Fsp3) is 0.455. The van der Waals surface area contributed by atoms with Crippen molar-refractivity contribution < 1.29 is 4.74 Å². The second-order valence-corrected chi connectivity index (χ2v) is 4.33. The molecule has 1 N–H and O–H groups in total. The smallest absolute Gasteiger partial charge is 0.0928 e.